The molecule has 1 saturated carbocycles. The molecule has 1 N–H and O–H groups in total. The fourth-order valence-electron chi connectivity index (χ4n) is 4.99. The molecule has 0 spiro atoms. The van der Waals surface area contributed by atoms with Gasteiger partial charge in [-0.15, -0.1) is 0 Å². The van der Waals surface area contributed by atoms with E-state index in [4.69, 9.17) is 21.3 Å². The van der Waals surface area contributed by atoms with Crippen LogP contribution in [0.1, 0.15) is 44.2 Å². The van der Waals surface area contributed by atoms with Crippen molar-refractivity contribution < 1.29 is 17.9 Å². The molecule has 1 aliphatic carbocycles. The van der Waals surface area contributed by atoms with Gasteiger partial charge in [-0.25, -0.2) is 17.7 Å². The van der Waals surface area contributed by atoms with Crippen molar-refractivity contribution >= 4 is 33.2 Å². The number of nitrogens with one attached hydrogen (secondary N) is 1. The standard InChI is InChI=1S/C26H33ClN4O4S/c27-23-16-28-20(14-25(32)19-3-2-10-31(17-19)36(33,34)21-6-7-21)13-22(23)24-4-1-5-26(30-24)29-15-18-8-11-35-12-9-18/h1,4-5,13,16,18-19,21H,2-3,6-12,14-15,17H2,(H,29,30)/t19-/m0/s1. The molecular weight excluding hydrogens is 500 g/mol. The second-order valence-corrected chi connectivity index (χ2v) is 12.7. The first kappa shape index (κ1) is 25.6. The van der Waals surface area contributed by atoms with Crippen LogP contribution in [0, 0.1) is 11.8 Å². The topological polar surface area (TPSA) is 101 Å². The molecule has 2 aromatic rings. The van der Waals surface area contributed by atoms with E-state index in [2.05, 4.69) is 10.3 Å². The lowest BCUT2D eigenvalue weighted by Crippen LogP contribution is -2.44. The number of Topliss-reactive ketones (excluding diaryl/α,β-unsaturated/α-hetero) is 1. The Balaban J connectivity index is 1.25. The molecule has 8 nitrogen and oxygen atoms in total. The summed E-state index contributed by atoms with van der Waals surface area (Å²) in [6.07, 6.45) is 6.68. The van der Waals surface area contributed by atoms with Gasteiger partial charge in [0.25, 0.3) is 0 Å². The van der Waals surface area contributed by atoms with Crippen molar-refractivity contribution in [2.24, 2.45) is 11.8 Å². The second-order valence-electron chi connectivity index (χ2n) is 10.1. The van der Waals surface area contributed by atoms with E-state index in [1.165, 1.54) is 4.31 Å². The third kappa shape index (κ3) is 6.07. The number of nitrogens with zero attached hydrogens (tertiary/aromatic N) is 3. The average Bonchev–Trinajstić information content (AvgIpc) is 3.76. The van der Waals surface area contributed by atoms with Crippen molar-refractivity contribution in [2.75, 3.05) is 38.2 Å². The van der Waals surface area contributed by atoms with Gasteiger partial charge < -0.3 is 10.1 Å². The number of carbonyl (C=O) groups is 1. The highest BCUT2D eigenvalue weighted by Crippen LogP contribution is 2.34. The predicted molar refractivity (Wildman–Crippen MR) is 139 cm³/mol. The van der Waals surface area contributed by atoms with Crippen LogP contribution in [-0.4, -0.2) is 66.6 Å². The molecule has 1 atom stereocenters. The molecule has 0 radical (unpaired) electrons. The Morgan fingerprint density at radius 2 is 1.97 bits per heavy atom. The minimum absolute atomic E-state index is 0.0197. The summed E-state index contributed by atoms with van der Waals surface area (Å²) in [6.45, 7) is 3.25. The quantitative estimate of drug-likeness (QED) is 0.521. The van der Waals surface area contributed by atoms with Crippen LogP contribution < -0.4 is 5.32 Å². The molecule has 5 rings (SSSR count). The molecule has 3 fully saturated rings. The first-order valence-electron chi connectivity index (χ1n) is 12.9. The zero-order valence-electron chi connectivity index (χ0n) is 20.4. The molecule has 2 saturated heterocycles. The van der Waals surface area contributed by atoms with E-state index in [9.17, 15) is 13.2 Å². The number of anilines is 1. The van der Waals surface area contributed by atoms with Gasteiger partial charge in [-0.05, 0) is 62.6 Å². The SMILES string of the molecule is O=C(Cc1cc(-c2cccc(NCC3CCOCC3)n2)c(Cl)cn1)[C@H]1CCCN(S(=O)(=O)C2CC2)C1. The smallest absolute Gasteiger partial charge is 0.217 e. The van der Waals surface area contributed by atoms with Crippen LogP contribution in [0.15, 0.2) is 30.5 Å². The lowest BCUT2D eigenvalue weighted by molar-refractivity contribution is -0.123. The molecule has 0 bridgehead atoms. The van der Waals surface area contributed by atoms with E-state index in [1.54, 1.807) is 6.20 Å². The Kier molecular flexibility index (Phi) is 7.90. The van der Waals surface area contributed by atoms with Crippen LogP contribution in [0.5, 0.6) is 0 Å². The van der Waals surface area contributed by atoms with Gasteiger partial charge in [-0.1, -0.05) is 17.7 Å². The summed E-state index contributed by atoms with van der Waals surface area (Å²) in [5, 5.41) is 3.65. The molecule has 0 aromatic carbocycles. The van der Waals surface area contributed by atoms with Crippen molar-refractivity contribution in [3.05, 3.63) is 41.2 Å². The first-order valence-corrected chi connectivity index (χ1v) is 14.7. The van der Waals surface area contributed by atoms with E-state index < -0.39 is 10.0 Å². The normalized spacial score (nSPS) is 21.9. The molecular formula is C26H33ClN4O4S. The highest BCUT2D eigenvalue weighted by molar-refractivity contribution is 7.90. The van der Waals surface area contributed by atoms with Crippen LogP contribution in [0.25, 0.3) is 11.3 Å². The molecule has 194 valence electrons. The number of sulfonamides is 1. The molecule has 2 aromatic heterocycles. The minimum Gasteiger partial charge on any atom is -0.381 e. The third-order valence-electron chi connectivity index (χ3n) is 7.35. The first-order chi connectivity index (χ1) is 17.4. The van der Waals surface area contributed by atoms with Gasteiger partial charge in [0.15, 0.2) is 0 Å². The average molecular weight is 533 g/mol. The fraction of sp³-hybridized carbons (Fsp3) is 0.577. The third-order valence-corrected chi connectivity index (χ3v) is 10.0. The van der Waals surface area contributed by atoms with Gasteiger partial charge in [-0.2, -0.15) is 0 Å². The number of pyridine rings is 2. The summed E-state index contributed by atoms with van der Waals surface area (Å²) in [5.74, 6) is 1.07. The zero-order valence-corrected chi connectivity index (χ0v) is 21.9. The number of carbonyl (C=O) groups excluding carboxylic acids is 1. The van der Waals surface area contributed by atoms with Crippen LogP contribution in [0.3, 0.4) is 0 Å². The summed E-state index contributed by atoms with van der Waals surface area (Å²) >= 11 is 6.48. The predicted octanol–water partition coefficient (Wildman–Crippen LogP) is 3.95. The fourth-order valence-corrected chi connectivity index (χ4v) is 7.12. The van der Waals surface area contributed by atoms with E-state index >= 15 is 0 Å². The van der Waals surface area contributed by atoms with Crippen LogP contribution in [0.2, 0.25) is 5.02 Å². The number of hydrogen-bond acceptors (Lipinski definition) is 7. The van der Waals surface area contributed by atoms with Crippen molar-refractivity contribution in [3.8, 4) is 11.3 Å². The van der Waals surface area contributed by atoms with Gasteiger partial charge in [-0.3, -0.25) is 9.78 Å². The van der Waals surface area contributed by atoms with Crippen molar-refractivity contribution in [3.63, 3.8) is 0 Å². The molecule has 2 aliphatic heterocycles. The summed E-state index contributed by atoms with van der Waals surface area (Å²) in [4.78, 5) is 22.2. The van der Waals surface area contributed by atoms with E-state index in [0.29, 0.717) is 41.7 Å². The summed E-state index contributed by atoms with van der Waals surface area (Å²) in [5.41, 5.74) is 2.06. The van der Waals surface area contributed by atoms with E-state index in [1.807, 2.05) is 24.3 Å². The Bertz CT molecular complexity index is 1200. The number of halogens is 1. The van der Waals surface area contributed by atoms with Gasteiger partial charge in [0, 0.05) is 62.6 Å². The minimum atomic E-state index is -3.27. The maximum Gasteiger partial charge on any atom is 0.217 e. The molecule has 4 heterocycles. The molecule has 10 heteroatoms. The number of rotatable bonds is 9. The largest absolute Gasteiger partial charge is 0.381 e. The zero-order chi connectivity index (χ0) is 25.1. The van der Waals surface area contributed by atoms with Crippen molar-refractivity contribution in [1.29, 1.82) is 0 Å². The number of ketones is 1. The maximum absolute atomic E-state index is 13.1. The van der Waals surface area contributed by atoms with Crippen molar-refractivity contribution in [1.82, 2.24) is 14.3 Å². The number of hydrogen-bond donors (Lipinski definition) is 1. The maximum atomic E-state index is 13.1. The number of aromatic nitrogens is 2. The van der Waals surface area contributed by atoms with Crippen LogP contribution in [-0.2, 0) is 26.0 Å². The molecule has 36 heavy (non-hydrogen) atoms. The van der Waals surface area contributed by atoms with Gasteiger partial charge >= 0.3 is 0 Å². The number of piperidine rings is 1. The lowest BCUT2D eigenvalue weighted by atomic mass is 9.92. The Labute approximate surface area is 217 Å². The van der Waals surface area contributed by atoms with Crippen LogP contribution in [0.4, 0.5) is 5.82 Å². The summed E-state index contributed by atoms with van der Waals surface area (Å²) in [7, 11) is -3.27. The Hall–Kier alpha value is -2.07. The van der Waals surface area contributed by atoms with E-state index in [-0.39, 0.29) is 29.9 Å². The molecule has 0 amide bonds. The highest BCUT2D eigenvalue weighted by Gasteiger charge is 2.42. The van der Waals surface area contributed by atoms with E-state index in [0.717, 1.165) is 56.8 Å². The lowest BCUT2D eigenvalue weighted by Gasteiger charge is -2.31. The molecule has 3 aliphatic rings. The Morgan fingerprint density at radius 1 is 1.17 bits per heavy atom. The van der Waals surface area contributed by atoms with Crippen LogP contribution >= 0.6 is 11.6 Å². The van der Waals surface area contributed by atoms with Gasteiger partial charge in [0.1, 0.15) is 11.6 Å². The van der Waals surface area contributed by atoms with Crippen molar-refractivity contribution in [2.45, 2.75) is 50.2 Å². The molecule has 0 unspecified atom stereocenters. The summed E-state index contributed by atoms with van der Waals surface area (Å²) < 4.78 is 32.3. The number of ether oxygens (including phenoxy) is 1. The highest BCUT2D eigenvalue weighted by atomic mass is 35.5. The van der Waals surface area contributed by atoms with Gasteiger partial charge in [0.05, 0.1) is 16.0 Å². The Morgan fingerprint density at radius 3 is 2.75 bits per heavy atom. The van der Waals surface area contributed by atoms with Gasteiger partial charge in [0.2, 0.25) is 10.0 Å². The monoisotopic (exact) mass is 532 g/mol. The summed E-state index contributed by atoms with van der Waals surface area (Å²) in [6, 6.07) is 7.60. The second kappa shape index (κ2) is 11.1.